The lowest BCUT2D eigenvalue weighted by atomic mass is 9.89. The van der Waals surface area contributed by atoms with Crippen LogP contribution in [0.15, 0.2) is 72.8 Å². The normalized spacial score (nSPS) is 14.5. The molecule has 1 saturated heterocycles. The van der Waals surface area contributed by atoms with E-state index in [0.29, 0.717) is 34.3 Å². The quantitative estimate of drug-likeness (QED) is 0.259. The van der Waals surface area contributed by atoms with Crippen molar-refractivity contribution in [1.82, 2.24) is 10.2 Å². The second-order valence-electron chi connectivity index (χ2n) is 9.73. The fraction of sp³-hybridized carbons (Fsp3) is 0.333. The summed E-state index contributed by atoms with van der Waals surface area (Å²) in [6.45, 7) is 3.36. The van der Waals surface area contributed by atoms with Gasteiger partial charge in [0, 0.05) is 28.4 Å². The van der Waals surface area contributed by atoms with Gasteiger partial charge in [-0.2, -0.15) is 0 Å². The lowest BCUT2D eigenvalue weighted by Gasteiger charge is -2.32. The molecule has 1 aliphatic heterocycles. The zero-order valence-corrected chi connectivity index (χ0v) is 22.6. The molecule has 0 bridgehead atoms. The monoisotopic (exact) mass is 573 g/mol. The van der Waals surface area contributed by atoms with E-state index in [9.17, 15) is 22.8 Å². The van der Waals surface area contributed by atoms with Crippen molar-refractivity contribution < 1.29 is 27.5 Å². The zero-order valence-electron chi connectivity index (χ0n) is 21.8. The molecule has 1 heterocycles. The Bertz CT molecular complexity index is 1260. The Morgan fingerprint density at radius 2 is 1.45 bits per heavy atom. The standard InChI is InChI=1S/C30H31ClF3N3O3/c31-25-9-3-24(4-10-25)29(39)36-26-11-5-23(6-12-26)28(38)35-17-1-2-18-37-19-15-22(16-20-37)21-7-13-27(14-8-21)40-30(32,33)34/h3-14,22H,1-2,15-20H2,(H,35,38)(H,36,39). The van der Waals surface area contributed by atoms with Crippen LogP contribution in [-0.4, -0.2) is 49.3 Å². The van der Waals surface area contributed by atoms with Gasteiger partial charge in [0.2, 0.25) is 0 Å². The predicted octanol–water partition coefficient (Wildman–Crippen LogP) is 6.88. The number of anilines is 1. The van der Waals surface area contributed by atoms with Crippen LogP contribution in [0.2, 0.25) is 5.02 Å². The summed E-state index contributed by atoms with van der Waals surface area (Å²) < 4.78 is 41.0. The highest BCUT2D eigenvalue weighted by Crippen LogP contribution is 2.30. The molecule has 3 aromatic carbocycles. The molecule has 4 rings (SSSR count). The number of likely N-dealkylation sites (tertiary alicyclic amines) is 1. The van der Waals surface area contributed by atoms with E-state index in [1.807, 2.05) is 0 Å². The first-order valence-corrected chi connectivity index (χ1v) is 13.6. The Balaban J connectivity index is 1.11. The van der Waals surface area contributed by atoms with Crippen LogP contribution in [0.25, 0.3) is 0 Å². The minimum atomic E-state index is -4.68. The van der Waals surface area contributed by atoms with Gasteiger partial charge < -0.3 is 20.3 Å². The number of nitrogens with one attached hydrogen (secondary N) is 2. The molecular weight excluding hydrogens is 543 g/mol. The molecule has 0 saturated carbocycles. The number of piperidine rings is 1. The molecule has 0 radical (unpaired) electrons. The number of benzene rings is 3. The molecule has 0 aliphatic carbocycles. The minimum Gasteiger partial charge on any atom is -0.406 e. The van der Waals surface area contributed by atoms with Crippen molar-refractivity contribution in [2.45, 2.75) is 38.0 Å². The summed E-state index contributed by atoms with van der Waals surface area (Å²) in [6, 6.07) is 19.5. The number of ether oxygens (including phenoxy) is 1. The summed E-state index contributed by atoms with van der Waals surface area (Å²) in [6.07, 6.45) is -0.981. The maximum Gasteiger partial charge on any atom is 0.573 e. The van der Waals surface area contributed by atoms with E-state index >= 15 is 0 Å². The Labute approximate surface area is 236 Å². The molecule has 0 atom stereocenters. The maximum absolute atomic E-state index is 12.5. The van der Waals surface area contributed by atoms with Gasteiger partial charge in [0.15, 0.2) is 0 Å². The van der Waals surface area contributed by atoms with E-state index in [0.717, 1.165) is 50.9 Å². The number of hydrogen-bond acceptors (Lipinski definition) is 4. The van der Waals surface area contributed by atoms with Crippen LogP contribution in [0, 0.1) is 0 Å². The van der Waals surface area contributed by atoms with E-state index in [4.69, 9.17) is 11.6 Å². The van der Waals surface area contributed by atoms with Crippen molar-refractivity contribution in [2.24, 2.45) is 0 Å². The van der Waals surface area contributed by atoms with Gasteiger partial charge in [0.25, 0.3) is 11.8 Å². The SMILES string of the molecule is O=C(NCCCCN1CCC(c2ccc(OC(F)(F)F)cc2)CC1)c1ccc(NC(=O)c2ccc(Cl)cc2)cc1. The molecule has 0 aromatic heterocycles. The number of carbonyl (C=O) groups is 2. The van der Waals surface area contributed by atoms with Gasteiger partial charge in [0.1, 0.15) is 5.75 Å². The topological polar surface area (TPSA) is 70.7 Å². The number of amides is 2. The Hall–Kier alpha value is -3.56. The van der Waals surface area contributed by atoms with E-state index < -0.39 is 6.36 Å². The fourth-order valence-corrected chi connectivity index (χ4v) is 4.83. The van der Waals surface area contributed by atoms with Gasteiger partial charge in [-0.3, -0.25) is 9.59 Å². The molecule has 10 heteroatoms. The number of halogens is 4. The van der Waals surface area contributed by atoms with Crippen molar-refractivity contribution in [3.05, 3.63) is 94.5 Å². The Kier molecular flexibility index (Phi) is 10.1. The highest BCUT2D eigenvalue weighted by atomic mass is 35.5. The number of alkyl halides is 3. The van der Waals surface area contributed by atoms with Crippen LogP contribution in [0.5, 0.6) is 5.75 Å². The van der Waals surface area contributed by atoms with Crippen molar-refractivity contribution in [1.29, 1.82) is 0 Å². The third-order valence-electron chi connectivity index (χ3n) is 6.87. The summed E-state index contributed by atoms with van der Waals surface area (Å²) in [7, 11) is 0. The summed E-state index contributed by atoms with van der Waals surface area (Å²) in [4.78, 5) is 27.2. The highest BCUT2D eigenvalue weighted by Gasteiger charge is 2.31. The molecule has 1 aliphatic rings. The Morgan fingerprint density at radius 1 is 0.850 bits per heavy atom. The number of hydrogen-bond donors (Lipinski definition) is 2. The van der Waals surface area contributed by atoms with Crippen LogP contribution in [0.3, 0.4) is 0 Å². The first-order valence-electron chi connectivity index (χ1n) is 13.2. The van der Waals surface area contributed by atoms with Crippen LogP contribution in [-0.2, 0) is 0 Å². The molecule has 1 fully saturated rings. The summed E-state index contributed by atoms with van der Waals surface area (Å²) >= 11 is 5.86. The smallest absolute Gasteiger partial charge is 0.406 e. The van der Waals surface area contributed by atoms with E-state index in [2.05, 4.69) is 20.3 Å². The average Bonchev–Trinajstić information content (AvgIpc) is 2.93. The highest BCUT2D eigenvalue weighted by molar-refractivity contribution is 6.30. The summed E-state index contributed by atoms with van der Waals surface area (Å²) in [5.41, 5.74) is 2.63. The lowest BCUT2D eigenvalue weighted by molar-refractivity contribution is -0.274. The van der Waals surface area contributed by atoms with Crippen LogP contribution < -0.4 is 15.4 Å². The molecule has 212 valence electrons. The average molecular weight is 574 g/mol. The summed E-state index contributed by atoms with van der Waals surface area (Å²) in [5.74, 6) is -0.293. The first-order chi connectivity index (χ1) is 19.2. The van der Waals surface area contributed by atoms with Gasteiger partial charge in [-0.15, -0.1) is 13.2 Å². The molecule has 6 nitrogen and oxygen atoms in total. The largest absolute Gasteiger partial charge is 0.573 e. The molecular formula is C30H31ClF3N3O3. The van der Waals surface area contributed by atoms with E-state index in [-0.39, 0.29) is 17.6 Å². The molecule has 2 amide bonds. The van der Waals surface area contributed by atoms with Gasteiger partial charge in [0.05, 0.1) is 0 Å². The van der Waals surface area contributed by atoms with Gasteiger partial charge in [-0.1, -0.05) is 23.7 Å². The second-order valence-corrected chi connectivity index (χ2v) is 10.2. The third kappa shape index (κ3) is 8.99. The van der Waals surface area contributed by atoms with Crippen molar-refractivity contribution in [2.75, 3.05) is 31.5 Å². The fourth-order valence-electron chi connectivity index (χ4n) is 4.71. The van der Waals surface area contributed by atoms with Crippen molar-refractivity contribution >= 4 is 29.1 Å². The van der Waals surface area contributed by atoms with Crippen molar-refractivity contribution in [3.63, 3.8) is 0 Å². The van der Waals surface area contributed by atoms with Gasteiger partial charge in [-0.05, 0) is 117 Å². The van der Waals surface area contributed by atoms with Gasteiger partial charge >= 0.3 is 6.36 Å². The van der Waals surface area contributed by atoms with Crippen molar-refractivity contribution in [3.8, 4) is 5.75 Å². The van der Waals surface area contributed by atoms with E-state index in [1.165, 1.54) is 12.1 Å². The number of unbranched alkanes of at least 4 members (excludes halogenated alkanes) is 1. The second kappa shape index (κ2) is 13.7. The number of carbonyl (C=O) groups excluding carboxylic acids is 2. The van der Waals surface area contributed by atoms with Crippen LogP contribution in [0.4, 0.5) is 18.9 Å². The Morgan fingerprint density at radius 3 is 2.08 bits per heavy atom. The molecule has 3 aromatic rings. The lowest BCUT2D eigenvalue weighted by Crippen LogP contribution is -2.34. The molecule has 2 N–H and O–H groups in total. The maximum atomic E-state index is 12.5. The van der Waals surface area contributed by atoms with E-state index in [1.54, 1.807) is 60.7 Å². The van der Waals surface area contributed by atoms with Crippen LogP contribution >= 0.6 is 11.6 Å². The van der Waals surface area contributed by atoms with Gasteiger partial charge in [-0.25, -0.2) is 0 Å². The number of nitrogens with zero attached hydrogens (tertiary/aromatic N) is 1. The molecule has 40 heavy (non-hydrogen) atoms. The summed E-state index contributed by atoms with van der Waals surface area (Å²) in [5, 5.41) is 6.29. The zero-order chi connectivity index (χ0) is 28.5. The molecule has 0 spiro atoms. The number of rotatable bonds is 10. The first kappa shape index (κ1) is 29.4. The molecule has 0 unspecified atom stereocenters. The predicted molar refractivity (Wildman–Crippen MR) is 149 cm³/mol. The third-order valence-corrected chi connectivity index (χ3v) is 7.12. The minimum absolute atomic E-state index is 0.164. The van der Waals surface area contributed by atoms with Crippen LogP contribution in [0.1, 0.15) is 57.9 Å².